The Hall–Kier alpha value is -2.37. The first-order valence-corrected chi connectivity index (χ1v) is 9.02. The molecule has 1 aliphatic heterocycles. The van der Waals surface area contributed by atoms with E-state index in [0.29, 0.717) is 10.6 Å². The van der Waals surface area contributed by atoms with Crippen LogP contribution in [0.4, 0.5) is 0 Å². The van der Waals surface area contributed by atoms with Crippen LogP contribution in [0.25, 0.3) is 5.76 Å². The smallest absolute Gasteiger partial charge is 0.295 e. The Bertz CT molecular complexity index is 904. The number of rotatable bonds is 4. The van der Waals surface area contributed by atoms with Gasteiger partial charge in [-0.2, -0.15) is 0 Å². The normalized spacial score (nSPS) is 19.0. The zero-order valence-corrected chi connectivity index (χ0v) is 16.0. The quantitative estimate of drug-likeness (QED) is 0.329. The summed E-state index contributed by atoms with van der Waals surface area (Å²) in [4.78, 5) is 26.5. The predicted octanol–water partition coefficient (Wildman–Crippen LogP) is 4.71. The fourth-order valence-corrected chi connectivity index (χ4v) is 3.35. The molecule has 1 aliphatic rings. The lowest BCUT2D eigenvalue weighted by atomic mass is 9.95. The molecule has 1 amide bonds. The van der Waals surface area contributed by atoms with Gasteiger partial charge in [0, 0.05) is 21.6 Å². The lowest BCUT2D eigenvalue weighted by molar-refractivity contribution is -0.139. The number of amides is 1. The van der Waals surface area contributed by atoms with Gasteiger partial charge in [-0.3, -0.25) is 9.59 Å². The monoisotopic (exact) mass is 431 g/mol. The van der Waals surface area contributed by atoms with E-state index >= 15 is 0 Å². The van der Waals surface area contributed by atoms with E-state index in [2.05, 4.69) is 22.5 Å². The topological polar surface area (TPSA) is 57.6 Å². The van der Waals surface area contributed by atoms with Crippen molar-refractivity contribution in [1.29, 1.82) is 0 Å². The Labute approximate surface area is 164 Å². The number of benzene rings is 2. The summed E-state index contributed by atoms with van der Waals surface area (Å²) in [7, 11) is 0. The molecule has 0 radical (unpaired) electrons. The number of hydrogen-bond donors (Lipinski definition) is 1. The maximum Gasteiger partial charge on any atom is 0.295 e. The number of ketones is 1. The number of aliphatic hydroxyl groups excluding tert-OH is 1. The Morgan fingerprint density at radius 2 is 1.77 bits per heavy atom. The predicted molar refractivity (Wildman–Crippen MR) is 105 cm³/mol. The molecule has 132 valence electrons. The van der Waals surface area contributed by atoms with Crippen LogP contribution in [0.5, 0.6) is 0 Å². The van der Waals surface area contributed by atoms with E-state index in [4.69, 9.17) is 11.6 Å². The summed E-state index contributed by atoms with van der Waals surface area (Å²) in [6, 6.07) is 13.0. The van der Waals surface area contributed by atoms with E-state index in [1.165, 1.54) is 4.90 Å². The minimum absolute atomic E-state index is 0.0569. The van der Waals surface area contributed by atoms with Crippen molar-refractivity contribution in [3.8, 4) is 0 Å². The molecular weight excluding hydrogens is 418 g/mol. The maximum atomic E-state index is 12.6. The molecule has 1 saturated heterocycles. The fraction of sp³-hybridized carbons (Fsp3) is 0.100. The summed E-state index contributed by atoms with van der Waals surface area (Å²) < 4.78 is 0.875. The zero-order valence-electron chi connectivity index (χ0n) is 13.7. The van der Waals surface area contributed by atoms with Gasteiger partial charge in [-0.05, 0) is 42.0 Å². The standard InChI is InChI=1S/C20H15BrClNO3/c1-2-11-23-17(12-3-7-14(21)8-4-12)16(19(25)20(23)26)18(24)13-5-9-15(22)10-6-13/h2-10,17,24H,1,11H2/t17-/m0/s1. The third-order valence-corrected chi connectivity index (χ3v) is 4.95. The second-order valence-electron chi connectivity index (χ2n) is 5.80. The van der Waals surface area contributed by atoms with Crippen molar-refractivity contribution in [3.63, 3.8) is 0 Å². The van der Waals surface area contributed by atoms with Crippen molar-refractivity contribution in [2.45, 2.75) is 6.04 Å². The molecule has 1 atom stereocenters. The average molecular weight is 433 g/mol. The Morgan fingerprint density at radius 3 is 2.35 bits per heavy atom. The zero-order chi connectivity index (χ0) is 18.8. The van der Waals surface area contributed by atoms with Crippen molar-refractivity contribution in [1.82, 2.24) is 4.90 Å². The molecule has 1 heterocycles. The number of carbonyl (C=O) groups excluding carboxylic acids is 2. The molecule has 0 unspecified atom stereocenters. The van der Waals surface area contributed by atoms with Gasteiger partial charge >= 0.3 is 0 Å². The second kappa shape index (κ2) is 7.48. The lowest BCUT2D eigenvalue weighted by Gasteiger charge is -2.24. The number of carbonyl (C=O) groups is 2. The molecule has 0 bridgehead atoms. The molecule has 0 saturated carbocycles. The van der Waals surface area contributed by atoms with Gasteiger partial charge in [-0.15, -0.1) is 6.58 Å². The summed E-state index contributed by atoms with van der Waals surface area (Å²) in [6.07, 6.45) is 1.55. The van der Waals surface area contributed by atoms with Crippen molar-refractivity contribution in [2.75, 3.05) is 6.54 Å². The third kappa shape index (κ3) is 3.32. The van der Waals surface area contributed by atoms with Gasteiger partial charge in [0.05, 0.1) is 11.6 Å². The van der Waals surface area contributed by atoms with Crippen molar-refractivity contribution >= 4 is 45.0 Å². The van der Waals surface area contributed by atoms with Gasteiger partial charge in [-0.1, -0.05) is 45.7 Å². The number of likely N-dealkylation sites (tertiary alicyclic amines) is 1. The highest BCUT2D eigenvalue weighted by atomic mass is 79.9. The first-order chi connectivity index (χ1) is 12.4. The highest BCUT2D eigenvalue weighted by molar-refractivity contribution is 9.10. The van der Waals surface area contributed by atoms with Gasteiger partial charge in [0.15, 0.2) is 0 Å². The number of Topliss-reactive ketones (excluding diaryl/α,β-unsaturated/α-hetero) is 1. The molecule has 3 rings (SSSR count). The van der Waals surface area contributed by atoms with Gasteiger partial charge < -0.3 is 10.0 Å². The largest absolute Gasteiger partial charge is 0.507 e. The molecule has 1 fully saturated rings. The van der Waals surface area contributed by atoms with Crippen LogP contribution in [0.1, 0.15) is 17.2 Å². The summed E-state index contributed by atoms with van der Waals surface area (Å²) in [5, 5.41) is 11.3. The Balaban J connectivity index is 2.18. The lowest BCUT2D eigenvalue weighted by Crippen LogP contribution is -2.29. The number of nitrogens with zero attached hydrogens (tertiary/aromatic N) is 1. The molecule has 26 heavy (non-hydrogen) atoms. The van der Waals surface area contributed by atoms with E-state index in [1.54, 1.807) is 30.3 Å². The number of hydrogen-bond acceptors (Lipinski definition) is 3. The van der Waals surface area contributed by atoms with Crippen molar-refractivity contribution in [2.24, 2.45) is 0 Å². The Kier molecular flexibility index (Phi) is 5.30. The second-order valence-corrected chi connectivity index (χ2v) is 7.15. The molecule has 2 aromatic carbocycles. The van der Waals surface area contributed by atoms with Crippen molar-refractivity contribution in [3.05, 3.63) is 87.4 Å². The van der Waals surface area contributed by atoms with Gasteiger partial charge in [0.2, 0.25) is 0 Å². The van der Waals surface area contributed by atoms with E-state index in [-0.39, 0.29) is 17.9 Å². The molecule has 6 heteroatoms. The molecule has 0 aromatic heterocycles. The summed E-state index contributed by atoms with van der Waals surface area (Å²) >= 11 is 9.26. The van der Waals surface area contributed by atoms with E-state index in [1.807, 2.05) is 24.3 Å². The van der Waals surface area contributed by atoms with Crippen molar-refractivity contribution < 1.29 is 14.7 Å². The minimum atomic E-state index is -0.716. The SMILES string of the molecule is C=CCN1C(=O)C(=O)C(=C(O)c2ccc(Cl)cc2)[C@@H]1c1ccc(Br)cc1. The first kappa shape index (κ1) is 18.4. The van der Waals surface area contributed by atoms with E-state index in [9.17, 15) is 14.7 Å². The van der Waals surface area contributed by atoms with Crippen LogP contribution in [0.15, 0.2) is 71.2 Å². The van der Waals surface area contributed by atoms with Gasteiger partial charge in [0.25, 0.3) is 11.7 Å². The third-order valence-electron chi connectivity index (χ3n) is 4.17. The van der Waals surface area contributed by atoms with Crippen LogP contribution in [0.2, 0.25) is 5.02 Å². The first-order valence-electron chi connectivity index (χ1n) is 7.84. The highest BCUT2D eigenvalue weighted by Gasteiger charge is 2.45. The van der Waals surface area contributed by atoms with Crippen LogP contribution in [0, 0.1) is 0 Å². The van der Waals surface area contributed by atoms with E-state index < -0.39 is 17.7 Å². The molecule has 4 nitrogen and oxygen atoms in total. The molecule has 1 N–H and O–H groups in total. The number of aliphatic hydroxyl groups is 1. The maximum absolute atomic E-state index is 12.6. The summed E-state index contributed by atoms with van der Waals surface area (Å²) in [5.74, 6) is -1.60. The van der Waals surface area contributed by atoms with Gasteiger partial charge in [0.1, 0.15) is 5.76 Å². The highest BCUT2D eigenvalue weighted by Crippen LogP contribution is 2.39. The van der Waals surface area contributed by atoms with Crippen LogP contribution >= 0.6 is 27.5 Å². The van der Waals surface area contributed by atoms with Crippen LogP contribution < -0.4 is 0 Å². The van der Waals surface area contributed by atoms with Crippen LogP contribution in [-0.4, -0.2) is 28.2 Å². The molecule has 0 aliphatic carbocycles. The fourth-order valence-electron chi connectivity index (χ4n) is 2.96. The van der Waals surface area contributed by atoms with Gasteiger partial charge in [-0.25, -0.2) is 0 Å². The summed E-state index contributed by atoms with van der Waals surface area (Å²) in [5.41, 5.74) is 1.21. The molecular formula is C20H15BrClNO3. The Morgan fingerprint density at radius 1 is 1.15 bits per heavy atom. The van der Waals surface area contributed by atoms with Crippen LogP contribution in [-0.2, 0) is 9.59 Å². The van der Waals surface area contributed by atoms with E-state index in [0.717, 1.165) is 10.0 Å². The van der Waals surface area contributed by atoms with Crippen LogP contribution in [0.3, 0.4) is 0 Å². The number of halogens is 2. The summed E-state index contributed by atoms with van der Waals surface area (Å²) in [6.45, 7) is 3.85. The molecule has 0 spiro atoms. The average Bonchev–Trinajstić information content (AvgIpc) is 2.88. The molecule has 2 aromatic rings. The minimum Gasteiger partial charge on any atom is -0.507 e.